The minimum Gasteiger partial charge on any atom is -0.208 e. The Bertz CT molecular complexity index is 2170. The molecule has 0 saturated heterocycles. The molecule has 1 heterocycles. The molecule has 2 aliphatic carbocycles. The first-order valence-electron chi connectivity index (χ1n) is 15.3. The van der Waals surface area contributed by atoms with Crippen LogP contribution < -0.4 is 0 Å². The van der Waals surface area contributed by atoms with Crippen molar-refractivity contribution >= 4 is 12.2 Å². The quantitative estimate of drug-likeness (QED) is 0.211. The van der Waals surface area contributed by atoms with E-state index in [9.17, 15) is 0 Å². The lowest BCUT2D eigenvalue weighted by Crippen LogP contribution is -2.30. The van der Waals surface area contributed by atoms with Crippen LogP contribution in [0.1, 0.15) is 33.4 Å². The second-order valence-corrected chi connectivity index (χ2v) is 11.6. The second-order valence-electron chi connectivity index (χ2n) is 11.6. The average Bonchev–Trinajstić information content (AvgIpc) is 3.33. The van der Waals surface area contributed by atoms with Crippen molar-refractivity contribution < 1.29 is 0 Å². The Labute approximate surface area is 262 Å². The standard InChI is InChI=1S/C42H27N3/c1-3-14-30(15-4-1)39-43-40(31-16-5-2-6-17-31)45-41(44-39)32-26-25-29-24-23-28-13-7-10-20-35(28)42(38(29)27-32)36-21-11-8-18-33(36)34-19-9-12-22-37(34)42/h1-27H. The summed E-state index contributed by atoms with van der Waals surface area (Å²) >= 11 is 0. The fourth-order valence-electron chi connectivity index (χ4n) is 7.23. The molecule has 3 heteroatoms. The Balaban J connectivity index is 1.34. The molecule has 6 aromatic carbocycles. The highest BCUT2D eigenvalue weighted by Crippen LogP contribution is 2.58. The van der Waals surface area contributed by atoms with Gasteiger partial charge in [-0.05, 0) is 50.6 Å². The van der Waals surface area contributed by atoms with Gasteiger partial charge >= 0.3 is 0 Å². The molecular formula is C42H27N3. The molecule has 0 bridgehead atoms. The molecule has 7 aromatic rings. The van der Waals surface area contributed by atoms with Gasteiger partial charge in [0.25, 0.3) is 0 Å². The van der Waals surface area contributed by atoms with Gasteiger partial charge in [0.05, 0.1) is 5.41 Å². The van der Waals surface area contributed by atoms with E-state index in [0.29, 0.717) is 17.5 Å². The van der Waals surface area contributed by atoms with Gasteiger partial charge in [0.1, 0.15) is 0 Å². The Morgan fingerprint density at radius 1 is 0.333 bits per heavy atom. The van der Waals surface area contributed by atoms with Crippen LogP contribution in [0.15, 0.2) is 152 Å². The van der Waals surface area contributed by atoms with Gasteiger partial charge in [-0.25, -0.2) is 15.0 Å². The van der Waals surface area contributed by atoms with E-state index in [4.69, 9.17) is 15.0 Å². The predicted octanol–water partition coefficient (Wildman–Crippen LogP) is 9.72. The fourth-order valence-corrected chi connectivity index (χ4v) is 7.23. The van der Waals surface area contributed by atoms with Crippen molar-refractivity contribution in [3.8, 4) is 45.3 Å². The van der Waals surface area contributed by atoms with Gasteiger partial charge in [-0.15, -0.1) is 0 Å². The van der Waals surface area contributed by atoms with Gasteiger partial charge in [-0.2, -0.15) is 0 Å². The SMILES string of the molecule is C1=Cc2ccc(-c3nc(-c4ccccc4)nc(-c4ccccc4)n3)cc2C2(c3ccccc31)c1ccccc1-c1ccccc12. The summed E-state index contributed by atoms with van der Waals surface area (Å²) in [5, 5.41) is 0. The van der Waals surface area contributed by atoms with Crippen molar-refractivity contribution in [1.29, 1.82) is 0 Å². The maximum absolute atomic E-state index is 5.08. The van der Waals surface area contributed by atoms with Crippen LogP contribution in [0.2, 0.25) is 0 Å². The van der Waals surface area contributed by atoms with Crippen molar-refractivity contribution in [2.24, 2.45) is 0 Å². The summed E-state index contributed by atoms with van der Waals surface area (Å²) in [4.78, 5) is 15.1. The van der Waals surface area contributed by atoms with E-state index in [-0.39, 0.29) is 0 Å². The zero-order chi connectivity index (χ0) is 29.8. The van der Waals surface area contributed by atoms with E-state index in [1.165, 1.54) is 44.5 Å². The Morgan fingerprint density at radius 3 is 1.36 bits per heavy atom. The van der Waals surface area contributed by atoms with Gasteiger partial charge in [-0.1, -0.05) is 158 Å². The summed E-state index contributed by atoms with van der Waals surface area (Å²) in [6.45, 7) is 0. The molecule has 9 rings (SSSR count). The second kappa shape index (κ2) is 10.1. The van der Waals surface area contributed by atoms with E-state index in [2.05, 4.69) is 103 Å². The van der Waals surface area contributed by atoms with E-state index >= 15 is 0 Å². The molecule has 1 aromatic heterocycles. The molecule has 3 nitrogen and oxygen atoms in total. The first-order valence-corrected chi connectivity index (χ1v) is 15.3. The van der Waals surface area contributed by atoms with Gasteiger partial charge in [0, 0.05) is 16.7 Å². The monoisotopic (exact) mass is 573 g/mol. The van der Waals surface area contributed by atoms with Gasteiger partial charge in [0.15, 0.2) is 17.5 Å². The highest BCUT2D eigenvalue weighted by atomic mass is 15.0. The van der Waals surface area contributed by atoms with E-state index in [1.54, 1.807) is 0 Å². The first-order chi connectivity index (χ1) is 22.3. The summed E-state index contributed by atoms with van der Waals surface area (Å²) in [7, 11) is 0. The minimum absolute atomic E-state index is 0.504. The molecular weight excluding hydrogens is 546 g/mol. The number of rotatable bonds is 3. The predicted molar refractivity (Wildman–Crippen MR) is 182 cm³/mol. The largest absolute Gasteiger partial charge is 0.208 e. The lowest BCUT2D eigenvalue weighted by atomic mass is 9.66. The van der Waals surface area contributed by atoms with Crippen molar-refractivity contribution in [2.75, 3.05) is 0 Å². The van der Waals surface area contributed by atoms with E-state index in [1.807, 2.05) is 60.7 Å². The lowest BCUT2D eigenvalue weighted by molar-refractivity contribution is 0.766. The number of hydrogen-bond acceptors (Lipinski definition) is 3. The summed E-state index contributed by atoms with van der Waals surface area (Å²) in [5.74, 6) is 1.97. The summed E-state index contributed by atoms with van der Waals surface area (Å²) < 4.78 is 0. The van der Waals surface area contributed by atoms with Crippen LogP contribution in [-0.4, -0.2) is 15.0 Å². The van der Waals surface area contributed by atoms with Crippen LogP contribution in [0, 0.1) is 0 Å². The number of nitrogens with zero attached hydrogens (tertiary/aromatic N) is 3. The number of hydrogen-bond donors (Lipinski definition) is 0. The van der Waals surface area contributed by atoms with Crippen LogP contribution >= 0.6 is 0 Å². The third-order valence-electron chi connectivity index (χ3n) is 9.17. The summed E-state index contributed by atoms with van der Waals surface area (Å²) in [6.07, 6.45) is 4.52. The summed E-state index contributed by atoms with van der Waals surface area (Å²) in [5.41, 5.74) is 12.4. The Kier molecular flexibility index (Phi) is 5.72. The lowest BCUT2D eigenvalue weighted by Gasteiger charge is -2.35. The molecule has 0 unspecified atom stereocenters. The minimum atomic E-state index is -0.504. The van der Waals surface area contributed by atoms with Crippen LogP contribution in [0.3, 0.4) is 0 Å². The third-order valence-corrected chi connectivity index (χ3v) is 9.17. The van der Waals surface area contributed by atoms with Crippen molar-refractivity contribution in [2.45, 2.75) is 5.41 Å². The molecule has 0 radical (unpaired) electrons. The van der Waals surface area contributed by atoms with Gasteiger partial charge < -0.3 is 0 Å². The maximum Gasteiger partial charge on any atom is 0.164 e. The molecule has 0 N–H and O–H groups in total. The van der Waals surface area contributed by atoms with Crippen LogP contribution in [0.5, 0.6) is 0 Å². The zero-order valence-corrected chi connectivity index (χ0v) is 24.4. The first kappa shape index (κ1) is 25.6. The Hall–Kier alpha value is -5.93. The molecule has 2 aliphatic rings. The molecule has 0 saturated carbocycles. The molecule has 0 amide bonds. The highest BCUT2D eigenvalue weighted by Gasteiger charge is 2.48. The molecule has 0 atom stereocenters. The van der Waals surface area contributed by atoms with Crippen molar-refractivity contribution in [3.63, 3.8) is 0 Å². The van der Waals surface area contributed by atoms with Crippen molar-refractivity contribution in [3.05, 3.63) is 185 Å². The van der Waals surface area contributed by atoms with E-state index < -0.39 is 5.41 Å². The van der Waals surface area contributed by atoms with E-state index in [0.717, 1.165) is 16.7 Å². The van der Waals surface area contributed by atoms with Gasteiger partial charge in [0.2, 0.25) is 0 Å². The number of aromatic nitrogens is 3. The van der Waals surface area contributed by atoms with Gasteiger partial charge in [-0.3, -0.25) is 0 Å². The zero-order valence-electron chi connectivity index (χ0n) is 24.4. The molecule has 45 heavy (non-hydrogen) atoms. The van der Waals surface area contributed by atoms with Crippen LogP contribution in [0.25, 0.3) is 57.4 Å². The Morgan fingerprint density at radius 2 is 0.778 bits per heavy atom. The van der Waals surface area contributed by atoms with Crippen molar-refractivity contribution in [1.82, 2.24) is 15.0 Å². The fraction of sp³-hybridized carbons (Fsp3) is 0.0238. The normalized spacial score (nSPS) is 13.4. The maximum atomic E-state index is 5.08. The number of benzene rings is 6. The smallest absolute Gasteiger partial charge is 0.164 e. The molecule has 0 fully saturated rings. The highest BCUT2D eigenvalue weighted by molar-refractivity contribution is 5.91. The third kappa shape index (κ3) is 3.87. The topological polar surface area (TPSA) is 38.7 Å². The average molecular weight is 574 g/mol. The molecule has 0 aliphatic heterocycles. The molecule has 210 valence electrons. The number of fused-ring (bicyclic) bond motifs is 9. The summed E-state index contributed by atoms with van der Waals surface area (Å²) in [6, 6.07) is 53.6. The molecule has 1 spiro atoms. The van der Waals surface area contributed by atoms with Crippen LogP contribution in [0.4, 0.5) is 0 Å². The van der Waals surface area contributed by atoms with Crippen LogP contribution in [-0.2, 0) is 5.41 Å².